The van der Waals surface area contributed by atoms with Crippen molar-refractivity contribution in [1.82, 2.24) is 5.32 Å². The summed E-state index contributed by atoms with van der Waals surface area (Å²) in [6.07, 6.45) is 4.29. The minimum atomic E-state index is -2.72. The first-order valence-electron chi connectivity index (χ1n) is 7.11. The highest BCUT2D eigenvalue weighted by Gasteiger charge is 2.27. The average molecular weight is 281 g/mol. The van der Waals surface area contributed by atoms with Crippen LogP contribution in [0, 0.1) is 5.92 Å². The van der Waals surface area contributed by atoms with Crippen molar-refractivity contribution in [3.8, 4) is 0 Å². The molecule has 106 valence electrons. The molecule has 1 saturated heterocycles. The molecule has 0 amide bonds. The van der Waals surface area contributed by atoms with E-state index in [0.29, 0.717) is 17.4 Å². The highest BCUT2D eigenvalue weighted by molar-refractivity contribution is 7.91. The van der Waals surface area contributed by atoms with Crippen molar-refractivity contribution in [2.24, 2.45) is 5.92 Å². The van der Waals surface area contributed by atoms with Crippen LogP contribution in [-0.2, 0) is 16.3 Å². The zero-order valence-electron chi connectivity index (χ0n) is 11.3. The van der Waals surface area contributed by atoms with E-state index >= 15 is 0 Å². The second kappa shape index (κ2) is 7.06. The fourth-order valence-corrected chi connectivity index (χ4v) is 4.42. The predicted octanol–water partition coefficient (Wildman–Crippen LogP) is 2.03. The Morgan fingerprint density at radius 1 is 1.16 bits per heavy atom. The minimum absolute atomic E-state index is 0.333. The molecule has 1 unspecified atom stereocenters. The summed E-state index contributed by atoms with van der Waals surface area (Å²) in [5.41, 5.74) is 1.39. The summed E-state index contributed by atoms with van der Waals surface area (Å²) in [6.45, 7) is 1.84. The van der Waals surface area contributed by atoms with Crippen molar-refractivity contribution < 1.29 is 8.42 Å². The van der Waals surface area contributed by atoms with Crippen LogP contribution in [0.4, 0.5) is 0 Å². The van der Waals surface area contributed by atoms with Gasteiger partial charge in [0, 0.05) is 0 Å². The van der Waals surface area contributed by atoms with Crippen LogP contribution in [-0.4, -0.2) is 33.0 Å². The normalized spacial score (nSPS) is 21.6. The second-order valence-corrected chi connectivity index (χ2v) is 7.64. The van der Waals surface area contributed by atoms with Crippen LogP contribution in [0.1, 0.15) is 24.8 Å². The first kappa shape index (κ1) is 14.5. The van der Waals surface area contributed by atoms with Crippen molar-refractivity contribution in [1.29, 1.82) is 0 Å². The van der Waals surface area contributed by atoms with Gasteiger partial charge in [-0.15, -0.1) is 0 Å². The molecule has 0 bridgehead atoms. The van der Waals surface area contributed by atoms with Crippen LogP contribution in [0.2, 0.25) is 0 Å². The lowest BCUT2D eigenvalue weighted by Crippen LogP contribution is -2.24. The number of hydrogen-bond donors (Lipinski definition) is 1. The van der Waals surface area contributed by atoms with E-state index in [4.69, 9.17) is 0 Å². The maximum absolute atomic E-state index is 11.3. The molecular weight excluding hydrogens is 258 g/mol. The van der Waals surface area contributed by atoms with E-state index in [9.17, 15) is 8.42 Å². The van der Waals surface area contributed by atoms with Gasteiger partial charge in [0.1, 0.15) is 0 Å². The maximum Gasteiger partial charge on any atom is 0.150 e. The highest BCUT2D eigenvalue weighted by atomic mass is 32.2. The molecule has 1 N–H and O–H groups in total. The number of unbranched alkanes of at least 4 members (excludes halogenated alkanes) is 1. The Morgan fingerprint density at radius 2 is 1.95 bits per heavy atom. The summed E-state index contributed by atoms with van der Waals surface area (Å²) in [7, 11) is -2.72. The summed E-state index contributed by atoms with van der Waals surface area (Å²) in [4.78, 5) is 0. The fraction of sp³-hybridized carbons (Fsp3) is 0.600. The lowest BCUT2D eigenvalue weighted by Gasteiger charge is -2.09. The van der Waals surface area contributed by atoms with Crippen LogP contribution in [0.25, 0.3) is 0 Å². The van der Waals surface area contributed by atoms with Crippen LogP contribution in [0.3, 0.4) is 0 Å². The summed E-state index contributed by atoms with van der Waals surface area (Å²) >= 11 is 0. The van der Waals surface area contributed by atoms with Crippen LogP contribution < -0.4 is 5.32 Å². The number of nitrogens with one attached hydrogen (secondary N) is 1. The first-order chi connectivity index (χ1) is 9.16. The molecule has 19 heavy (non-hydrogen) atoms. The number of rotatable bonds is 7. The second-order valence-electron chi connectivity index (χ2n) is 5.42. The molecule has 1 atom stereocenters. The van der Waals surface area contributed by atoms with Gasteiger partial charge in [-0.05, 0) is 50.3 Å². The molecule has 3 nitrogen and oxygen atoms in total. The summed E-state index contributed by atoms with van der Waals surface area (Å²) in [5.74, 6) is 1.09. The third-order valence-electron chi connectivity index (χ3n) is 3.67. The monoisotopic (exact) mass is 281 g/mol. The van der Waals surface area contributed by atoms with E-state index in [2.05, 4.69) is 29.6 Å². The topological polar surface area (TPSA) is 46.2 Å². The molecule has 1 aliphatic heterocycles. The maximum atomic E-state index is 11.3. The van der Waals surface area contributed by atoms with E-state index in [1.54, 1.807) is 0 Å². The molecular formula is C15H23NO2S. The molecule has 4 heteroatoms. The average Bonchev–Trinajstić information content (AvgIpc) is 2.74. The molecule has 0 aliphatic carbocycles. The SMILES string of the molecule is O=S1(=O)CCC(CNCCCCc2ccccc2)C1. The molecule has 1 aliphatic rings. The number of benzene rings is 1. The highest BCUT2D eigenvalue weighted by Crippen LogP contribution is 2.17. The Bertz CT molecular complexity index is 470. The Hall–Kier alpha value is -0.870. The molecule has 2 rings (SSSR count). The zero-order valence-corrected chi connectivity index (χ0v) is 12.2. The van der Waals surface area contributed by atoms with Crippen LogP contribution in [0.15, 0.2) is 30.3 Å². The third-order valence-corrected chi connectivity index (χ3v) is 5.51. The van der Waals surface area contributed by atoms with Gasteiger partial charge in [-0.2, -0.15) is 0 Å². The molecule has 0 spiro atoms. The van der Waals surface area contributed by atoms with Crippen LogP contribution in [0.5, 0.6) is 0 Å². The van der Waals surface area contributed by atoms with Crippen molar-refractivity contribution in [2.75, 3.05) is 24.6 Å². The van der Waals surface area contributed by atoms with Crippen molar-refractivity contribution in [3.05, 3.63) is 35.9 Å². The van der Waals surface area contributed by atoms with Crippen molar-refractivity contribution in [3.63, 3.8) is 0 Å². The van der Waals surface area contributed by atoms with Crippen LogP contribution >= 0.6 is 0 Å². The Balaban J connectivity index is 1.51. The van der Waals surface area contributed by atoms with E-state index < -0.39 is 9.84 Å². The van der Waals surface area contributed by atoms with Gasteiger partial charge < -0.3 is 5.32 Å². The van der Waals surface area contributed by atoms with Gasteiger partial charge >= 0.3 is 0 Å². The van der Waals surface area contributed by atoms with E-state index in [0.717, 1.165) is 32.4 Å². The Kier molecular flexibility index (Phi) is 5.40. The standard InChI is InChI=1S/C15H23NO2S/c17-19(18)11-9-15(13-19)12-16-10-5-4-8-14-6-2-1-3-7-14/h1-3,6-7,15-16H,4-5,8-13H2. The van der Waals surface area contributed by atoms with Gasteiger partial charge in [0.15, 0.2) is 9.84 Å². The van der Waals surface area contributed by atoms with Gasteiger partial charge in [-0.25, -0.2) is 8.42 Å². The largest absolute Gasteiger partial charge is 0.316 e. The minimum Gasteiger partial charge on any atom is -0.316 e. The quantitative estimate of drug-likeness (QED) is 0.778. The molecule has 0 saturated carbocycles. The van der Waals surface area contributed by atoms with Crippen molar-refractivity contribution in [2.45, 2.75) is 25.7 Å². The smallest absolute Gasteiger partial charge is 0.150 e. The van der Waals surface area contributed by atoms with Crippen molar-refractivity contribution >= 4 is 9.84 Å². The van der Waals surface area contributed by atoms with Gasteiger partial charge in [-0.3, -0.25) is 0 Å². The van der Waals surface area contributed by atoms with Gasteiger partial charge in [0.2, 0.25) is 0 Å². The predicted molar refractivity (Wildman–Crippen MR) is 79.0 cm³/mol. The molecule has 1 aromatic rings. The summed E-state index contributed by atoms with van der Waals surface area (Å²) in [6, 6.07) is 10.5. The fourth-order valence-electron chi connectivity index (χ4n) is 2.56. The number of aryl methyl sites for hydroxylation is 1. The van der Waals surface area contributed by atoms with E-state index in [1.165, 1.54) is 12.0 Å². The van der Waals surface area contributed by atoms with E-state index in [1.807, 2.05) is 6.07 Å². The number of sulfone groups is 1. The van der Waals surface area contributed by atoms with E-state index in [-0.39, 0.29) is 0 Å². The molecule has 0 aromatic heterocycles. The summed E-state index contributed by atoms with van der Waals surface area (Å²) in [5, 5.41) is 3.39. The zero-order chi connectivity index (χ0) is 13.6. The molecule has 0 radical (unpaired) electrons. The Morgan fingerprint density at radius 3 is 2.63 bits per heavy atom. The summed E-state index contributed by atoms with van der Waals surface area (Å²) < 4.78 is 22.6. The lowest BCUT2D eigenvalue weighted by atomic mass is 10.1. The number of hydrogen-bond acceptors (Lipinski definition) is 3. The van der Waals surface area contributed by atoms with Gasteiger partial charge in [-0.1, -0.05) is 30.3 Å². The third kappa shape index (κ3) is 5.33. The molecule has 1 fully saturated rings. The molecule has 1 heterocycles. The lowest BCUT2D eigenvalue weighted by molar-refractivity contribution is 0.510. The first-order valence-corrected chi connectivity index (χ1v) is 8.93. The Labute approximate surface area is 116 Å². The van der Waals surface area contributed by atoms with Gasteiger partial charge in [0.25, 0.3) is 0 Å². The van der Waals surface area contributed by atoms with Gasteiger partial charge in [0.05, 0.1) is 11.5 Å². The molecule has 1 aromatic carbocycles.